The molecule has 0 fully saturated rings. The predicted octanol–water partition coefficient (Wildman–Crippen LogP) is 4.89. The fourth-order valence-corrected chi connectivity index (χ4v) is 16.2. The Morgan fingerprint density at radius 1 is 0.257 bits per heavy atom. The van der Waals surface area contributed by atoms with E-state index in [2.05, 4.69) is 0 Å². The third kappa shape index (κ3) is 10.4. The molecule has 0 radical (unpaired) electrons. The SMILES string of the molecule is CC(C)C(C)(C)[SiH2]c1c(F)c(F)c([B-](c2c(F)c(F)c([SiH2]C(C)(C)C(C)C)c(F)c2F)(c2c(F)c(F)c([SiH2]C(C)(C)C(C)C)c(F)c2F)c2c(F)c(F)c([SiH2]C(C)(C)C(C)C)c(F)c2F)c(F)c1F.[Li+]. The van der Waals surface area contributed by atoms with E-state index in [4.69, 9.17) is 0 Å². The maximum absolute atomic E-state index is 17.6. The molecule has 0 aliphatic rings. The van der Waals surface area contributed by atoms with Gasteiger partial charge in [0.25, 0.3) is 0 Å². The second kappa shape index (κ2) is 21.3. The van der Waals surface area contributed by atoms with E-state index in [1.54, 1.807) is 55.4 Å². The Morgan fingerprint density at radius 2 is 0.371 bits per heavy atom. The van der Waals surface area contributed by atoms with Crippen LogP contribution >= 0.6 is 0 Å². The van der Waals surface area contributed by atoms with E-state index in [0.717, 1.165) is 0 Å². The van der Waals surface area contributed by atoms with Crippen LogP contribution in [0.1, 0.15) is 111 Å². The molecule has 384 valence electrons. The molecule has 0 aliphatic heterocycles. The van der Waals surface area contributed by atoms with Crippen LogP contribution < -0.4 is 61.5 Å². The number of rotatable bonds is 16. The van der Waals surface area contributed by atoms with Crippen LogP contribution in [0.2, 0.25) is 20.2 Å². The van der Waals surface area contributed by atoms with Crippen molar-refractivity contribution in [2.75, 3.05) is 0 Å². The van der Waals surface area contributed by atoms with Crippen molar-refractivity contribution >= 4 is 86.8 Å². The molecule has 4 aromatic carbocycles. The third-order valence-corrected chi connectivity index (χ3v) is 26.9. The topological polar surface area (TPSA) is 0 Å². The molecule has 0 spiro atoms. The molecule has 4 rings (SSSR count). The summed E-state index contributed by atoms with van der Waals surface area (Å²) >= 11 is 0. The molecule has 4 aromatic rings. The standard InChI is InChI=1S/C48H60BF16Si4.Li/c1-17(2)45(9,10)66-41-33(58)25(50)21(26(51)34(41)59)49(22-27(52)35(60)42(36(61)28(22)53)67-46(11,12)18(3)4,23-29(54)37(62)43(38(63)30(23)55)68-47(13,14)19(5)6)24-31(56)39(64)44(40(65)32(24)57)69-48(15,16)20(7)8;/h17-20H,66-69H2,1-16H3;/q-1;+1. The summed E-state index contributed by atoms with van der Waals surface area (Å²) in [5, 5.41) is -10.1. The molecular weight excluding hydrogens is 1010 g/mol. The van der Waals surface area contributed by atoms with Gasteiger partial charge >= 0.3 is 18.9 Å². The van der Waals surface area contributed by atoms with Crippen LogP contribution in [0.5, 0.6) is 0 Å². The molecule has 0 saturated carbocycles. The minimum Gasteiger partial charge on any atom is -0.207 e. The number of hydrogen-bond donors (Lipinski definition) is 0. The van der Waals surface area contributed by atoms with Gasteiger partial charge in [0.2, 0.25) is 0 Å². The van der Waals surface area contributed by atoms with Gasteiger partial charge in [-0.3, -0.25) is 0 Å². The van der Waals surface area contributed by atoms with Gasteiger partial charge < -0.3 is 0 Å². The zero-order valence-corrected chi connectivity index (χ0v) is 48.4. The summed E-state index contributed by atoms with van der Waals surface area (Å²) in [5.41, 5.74) is -11.5. The first-order valence-electron chi connectivity index (χ1n) is 22.8. The minimum absolute atomic E-state index is 0. The fraction of sp³-hybridized carbons (Fsp3) is 0.500. The van der Waals surface area contributed by atoms with Crippen molar-refractivity contribution in [1.29, 1.82) is 0 Å². The average molecular weight is 1070 g/mol. The molecule has 0 bridgehead atoms. The normalized spacial score (nSPS) is 14.6. The Hall–Kier alpha value is -2.71. The first-order chi connectivity index (χ1) is 31.2. The van der Waals surface area contributed by atoms with Crippen LogP contribution in [0.15, 0.2) is 0 Å². The summed E-state index contributed by atoms with van der Waals surface area (Å²) < 4.78 is 276. The van der Waals surface area contributed by atoms with Crippen molar-refractivity contribution in [2.45, 2.75) is 131 Å². The van der Waals surface area contributed by atoms with Crippen molar-refractivity contribution in [3.05, 3.63) is 93.1 Å². The van der Waals surface area contributed by atoms with E-state index < -0.39 is 224 Å². The van der Waals surface area contributed by atoms with Gasteiger partial charge in [0, 0.05) is 20.7 Å². The molecule has 70 heavy (non-hydrogen) atoms. The monoisotopic (exact) mass is 1070 g/mol. The van der Waals surface area contributed by atoms with Crippen molar-refractivity contribution in [3.8, 4) is 0 Å². The summed E-state index contributed by atoms with van der Waals surface area (Å²) in [6.07, 6.45) is -6.70. The summed E-state index contributed by atoms with van der Waals surface area (Å²) in [7, 11) is -10.7. The summed E-state index contributed by atoms with van der Waals surface area (Å²) in [6, 6.07) is 0. The molecule has 0 amide bonds. The van der Waals surface area contributed by atoms with E-state index in [1.807, 2.05) is 0 Å². The van der Waals surface area contributed by atoms with Crippen LogP contribution in [0, 0.1) is 117 Å². The smallest absolute Gasteiger partial charge is 0.207 e. The third-order valence-electron chi connectivity index (χ3n) is 16.1. The molecule has 0 N–H and O–H groups in total. The second-order valence-corrected chi connectivity index (χ2v) is 34.3. The Bertz CT molecular complexity index is 2200. The average Bonchev–Trinajstić information content (AvgIpc) is 3.24. The first kappa shape index (κ1) is 61.6. The summed E-state index contributed by atoms with van der Waals surface area (Å²) in [5.74, 6) is -45.7. The number of halogens is 16. The van der Waals surface area contributed by atoms with Crippen LogP contribution in [0.25, 0.3) is 0 Å². The molecule has 0 aliphatic carbocycles. The molecule has 0 aromatic heterocycles. The molecule has 0 atom stereocenters. The summed E-state index contributed by atoms with van der Waals surface area (Å²) in [4.78, 5) is 0. The van der Waals surface area contributed by atoms with Gasteiger partial charge in [0.1, 0.15) is 52.7 Å². The van der Waals surface area contributed by atoms with E-state index in [0.29, 0.717) is 0 Å². The van der Waals surface area contributed by atoms with Crippen LogP contribution in [-0.4, -0.2) is 44.2 Å². The van der Waals surface area contributed by atoms with E-state index in [9.17, 15) is 0 Å². The van der Waals surface area contributed by atoms with Crippen LogP contribution in [-0.2, 0) is 0 Å². The van der Waals surface area contributed by atoms with Crippen molar-refractivity contribution in [2.24, 2.45) is 23.7 Å². The van der Waals surface area contributed by atoms with Gasteiger partial charge in [-0.25, -0.2) is 70.2 Å². The molecular formula is C48H60BF16LiSi4. The van der Waals surface area contributed by atoms with Crippen molar-refractivity contribution in [1.82, 2.24) is 0 Å². The summed E-state index contributed by atoms with van der Waals surface area (Å²) in [6.45, 7) is 24.0. The largest absolute Gasteiger partial charge is 1.00 e. The Balaban J connectivity index is 0.0000130. The first-order valence-corrected chi connectivity index (χ1v) is 28.4. The zero-order valence-electron chi connectivity index (χ0n) is 42.8. The zero-order chi connectivity index (χ0) is 53.5. The quantitative estimate of drug-likeness (QED) is 0.0854. The van der Waals surface area contributed by atoms with E-state index in [1.165, 1.54) is 55.4 Å². The number of benzene rings is 4. The Labute approximate surface area is 421 Å². The molecule has 0 heterocycles. The van der Waals surface area contributed by atoms with Gasteiger partial charge in [-0.1, -0.05) is 111 Å². The second-order valence-electron chi connectivity index (χ2n) is 22.7. The molecule has 0 saturated heterocycles. The van der Waals surface area contributed by atoms with Gasteiger partial charge in [-0.15, -0.1) is 21.9 Å². The minimum atomic E-state index is -6.70. The van der Waals surface area contributed by atoms with Crippen molar-refractivity contribution in [3.63, 3.8) is 0 Å². The Morgan fingerprint density at radius 3 is 0.471 bits per heavy atom. The van der Waals surface area contributed by atoms with Crippen molar-refractivity contribution < 1.29 is 89.1 Å². The van der Waals surface area contributed by atoms with E-state index in [-0.39, 0.29) is 18.9 Å². The predicted molar refractivity (Wildman–Crippen MR) is 258 cm³/mol. The van der Waals surface area contributed by atoms with Crippen LogP contribution in [0.3, 0.4) is 0 Å². The van der Waals surface area contributed by atoms with Gasteiger partial charge in [-0.2, -0.15) is 0 Å². The maximum atomic E-state index is 17.6. The van der Waals surface area contributed by atoms with Crippen LogP contribution in [0.4, 0.5) is 70.2 Å². The van der Waals surface area contributed by atoms with E-state index >= 15 is 70.2 Å². The molecule has 22 heteroatoms. The number of hydrogen-bond acceptors (Lipinski definition) is 0. The molecule has 0 nitrogen and oxygen atoms in total. The molecule has 0 unspecified atom stereocenters. The van der Waals surface area contributed by atoms with Gasteiger partial charge in [0.05, 0.1) is 38.1 Å². The maximum Gasteiger partial charge on any atom is 1.00 e. The fourth-order valence-electron chi connectivity index (χ4n) is 8.42. The van der Waals surface area contributed by atoms with Gasteiger partial charge in [0.15, 0.2) is 46.5 Å². The Kier molecular flexibility index (Phi) is 18.7. The van der Waals surface area contributed by atoms with Gasteiger partial charge in [-0.05, 0) is 43.8 Å².